The topological polar surface area (TPSA) is 104 Å². The second-order valence-corrected chi connectivity index (χ2v) is 7.94. The molecule has 1 saturated heterocycles. The average molecular weight is 350 g/mol. The molecule has 10 heteroatoms. The van der Waals surface area contributed by atoms with E-state index < -0.39 is 40.2 Å². The number of thiophene rings is 1. The van der Waals surface area contributed by atoms with Gasteiger partial charge in [-0.15, -0.1) is 11.3 Å². The summed E-state index contributed by atoms with van der Waals surface area (Å²) in [6.45, 7) is 0.700. The van der Waals surface area contributed by atoms with Crippen LogP contribution in [0.2, 0.25) is 0 Å². The SMILES string of the molecule is CC(NS(=O)(=O)c1cccs1)C(=O)N1CCC(F)(C(=O)O)C1. The van der Waals surface area contributed by atoms with Crippen molar-refractivity contribution in [2.24, 2.45) is 0 Å². The Bertz CT molecular complexity index is 676. The monoisotopic (exact) mass is 350 g/mol. The highest BCUT2D eigenvalue weighted by molar-refractivity contribution is 7.91. The first-order valence-electron chi connectivity index (χ1n) is 6.43. The highest BCUT2D eigenvalue weighted by Crippen LogP contribution is 2.26. The Morgan fingerprint density at radius 3 is 2.73 bits per heavy atom. The summed E-state index contributed by atoms with van der Waals surface area (Å²) in [5.41, 5.74) is -2.47. The van der Waals surface area contributed by atoms with E-state index in [4.69, 9.17) is 5.11 Å². The summed E-state index contributed by atoms with van der Waals surface area (Å²) >= 11 is 1.01. The number of carboxylic acids is 1. The van der Waals surface area contributed by atoms with E-state index in [-0.39, 0.29) is 17.2 Å². The van der Waals surface area contributed by atoms with E-state index in [0.29, 0.717) is 0 Å². The van der Waals surface area contributed by atoms with E-state index in [2.05, 4.69) is 4.72 Å². The summed E-state index contributed by atoms with van der Waals surface area (Å²) in [6, 6.07) is 1.86. The molecule has 7 nitrogen and oxygen atoms in total. The molecule has 1 aliphatic rings. The molecule has 0 aromatic carbocycles. The zero-order chi connectivity index (χ0) is 16.5. The van der Waals surface area contributed by atoms with Gasteiger partial charge in [0.25, 0.3) is 10.0 Å². The highest BCUT2D eigenvalue weighted by atomic mass is 32.2. The molecule has 0 saturated carbocycles. The Morgan fingerprint density at radius 2 is 2.23 bits per heavy atom. The van der Waals surface area contributed by atoms with E-state index in [1.54, 1.807) is 11.4 Å². The van der Waals surface area contributed by atoms with Crippen molar-refractivity contribution in [1.82, 2.24) is 9.62 Å². The Hall–Kier alpha value is -1.52. The van der Waals surface area contributed by atoms with Crippen LogP contribution in [0.25, 0.3) is 0 Å². The molecule has 1 fully saturated rings. The van der Waals surface area contributed by atoms with Gasteiger partial charge in [0.05, 0.1) is 12.6 Å². The van der Waals surface area contributed by atoms with Crippen molar-refractivity contribution in [3.63, 3.8) is 0 Å². The number of carbonyl (C=O) groups is 2. The lowest BCUT2D eigenvalue weighted by Crippen LogP contribution is -2.47. The van der Waals surface area contributed by atoms with Gasteiger partial charge < -0.3 is 10.0 Å². The number of alkyl halides is 1. The fourth-order valence-electron chi connectivity index (χ4n) is 2.17. The number of aliphatic carboxylic acids is 1. The third-order valence-electron chi connectivity index (χ3n) is 3.38. The summed E-state index contributed by atoms with van der Waals surface area (Å²) in [6.07, 6.45) is -0.307. The molecule has 1 aromatic rings. The molecule has 22 heavy (non-hydrogen) atoms. The lowest BCUT2D eigenvalue weighted by Gasteiger charge is -2.22. The molecule has 1 aromatic heterocycles. The number of nitrogens with zero attached hydrogens (tertiary/aromatic N) is 1. The summed E-state index contributed by atoms with van der Waals surface area (Å²) in [5, 5.41) is 10.4. The van der Waals surface area contributed by atoms with Crippen LogP contribution < -0.4 is 4.72 Å². The van der Waals surface area contributed by atoms with Gasteiger partial charge in [-0.25, -0.2) is 17.6 Å². The fraction of sp³-hybridized carbons (Fsp3) is 0.500. The minimum absolute atomic E-state index is 0.0628. The maximum atomic E-state index is 13.9. The summed E-state index contributed by atoms with van der Waals surface area (Å²) < 4.78 is 40.3. The van der Waals surface area contributed by atoms with Gasteiger partial charge in [-0.05, 0) is 18.4 Å². The van der Waals surface area contributed by atoms with Crippen LogP contribution in [0.1, 0.15) is 13.3 Å². The fourth-order valence-corrected chi connectivity index (χ4v) is 4.37. The number of rotatable bonds is 5. The minimum atomic E-state index is -3.82. The van der Waals surface area contributed by atoms with Gasteiger partial charge in [-0.1, -0.05) is 6.07 Å². The van der Waals surface area contributed by atoms with Crippen molar-refractivity contribution >= 4 is 33.2 Å². The highest BCUT2D eigenvalue weighted by Gasteiger charge is 2.47. The molecule has 1 aliphatic heterocycles. The Morgan fingerprint density at radius 1 is 1.55 bits per heavy atom. The van der Waals surface area contributed by atoms with E-state index in [1.165, 1.54) is 13.0 Å². The molecule has 0 bridgehead atoms. The summed E-state index contributed by atoms with van der Waals surface area (Å²) in [5.74, 6) is -2.27. The summed E-state index contributed by atoms with van der Waals surface area (Å²) in [4.78, 5) is 24.0. The zero-order valence-corrected chi connectivity index (χ0v) is 13.3. The normalized spacial score (nSPS) is 23.5. The van der Waals surface area contributed by atoms with Gasteiger partial charge in [0, 0.05) is 13.0 Å². The molecule has 122 valence electrons. The number of nitrogens with one attached hydrogen (secondary N) is 1. The maximum absolute atomic E-state index is 13.9. The molecule has 2 rings (SSSR count). The van der Waals surface area contributed by atoms with E-state index in [1.807, 2.05) is 0 Å². The average Bonchev–Trinajstić information content (AvgIpc) is 3.07. The van der Waals surface area contributed by atoms with E-state index in [9.17, 15) is 22.4 Å². The van der Waals surface area contributed by atoms with Gasteiger partial charge in [-0.2, -0.15) is 4.72 Å². The van der Waals surface area contributed by atoms with Gasteiger partial charge in [0.2, 0.25) is 11.6 Å². The Labute approximate surface area is 130 Å². The van der Waals surface area contributed by atoms with Crippen LogP contribution in [0.15, 0.2) is 21.7 Å². The Balaban J connectivity index is 2.04. The maximum Gasteiger partial charge on any atom is 0.343 e. The van der Waals surface area contributed by atoms with Crippen molar-refractivity contribution in [1.29, 1.82) is 0 Å². The van der Waals surface area contributed by atoms with Crippen molar-refractivity contribution in [3.8, 4) is 0 Å². The van der Waals surface area contributed by atoms with Gasteiger partial charge in [0.15, 0.2) is 0 Å². The van der Waals surface area contributed by atoms with Crippen LogP contribution in [-0.2, 0) is 19.6 Å². The lowest BCUT2D eigenvalue weighted by atomic mass is 10.1. The van der Waals surface area contributed by atoms with Crippen LogP contribution in [-0.4, -0.2) is 55.1 Å². The van der Waals surface area contributed by atoms with E-state index in [0.717, 1.165) is 16.2 Å². The van der Waals surface area contributed by atoms with Crippen LogP contribution in [0.5, 0.6) is 0 Å². The van der Waals surface area contributed by atoms with Crippen LogP contribution >= 0.6 is 11.3 Å². The molecule has 2 unspecified atom stereocenters. The number of halogens is 1. The standard InChI is InChI=1S/C12H15FN2O5S2/c1-8(14-22(19,20)9-3-2-6-21-9)10(16)15-5-4-12(13,7-15)11(17)18/h2-3,6,8,14H,4-5,7H2,1H3,(H,17,18). The van der Waals surface area contributed by atoms with Crippen LogP contribution in [0.4, 0.5) is 4.39 Å². The first-order chi connectivity index (χ1) is 10.2. The molecule has 0 spiro atoms. The van der Waals surface area contributed by atoms with Crippen molar-refractivity contribution in [2.45, 2.75) is 29.3 Å². The zero-order valence-electron chi connectivity index (χ0n) is 11.7. The van der Waals surface area contributed by atoms with Gasteiger partial charge in [-0.3, -0.25) is 4.79 Å². The van der Waals surface area contributed by atoms with Gasteiger partial charge >= 0.3 is 5.97 Å². The Kier molecular flexibility index (Phi) is 4.54. The molecule has 2 atom stereocenters. The second kappa shape index (κ2) is 5.94. The first-order valence-corrected chi connectivity index (χ1v) is 8.79. The number of amides is 1. The quantitative estimate of drug-likeness (QED) is 0.802. The lowest BCUT2D eigenvalue weighted by molar-refractivity contribution is -0.150. The van der Waals surface area contributed by atoms with Gasteiger partial charge in [0.1, 0.15) is 4.21 Å². The van der Waals surface area contributed by atoms with Crippen molar-refractivity contribution < 1.29 is 27.5 Å². The van der Waals surface area contributed by atoms with Crippen LogP contribution in [0.3, 0.4) is 0 Å². The predicted molar refractivity (Wildman–Crippen MR) is 76.8 cm³/mol. The molecular weight excluding hydrogens is 335 g/mol. The molecule has 2 N–H and O–H groups in total. The molecule has 1 amide bonds. The summed E-state index contributed by atoms with van der Waals surface area (Å²) in [7, 11) is -3.82. The molecular formula is C12H15FN2O5S2. The molecule has 2 heterocycles. The number of carbonyl (C=O) groups excluding carboxylic acids is 1. The van der Waals surface area contributed by atoms with Crippen molar-refractivity contribution in [2.75, 3.05) is 13.1 Å². The molecule has 0 radical (unpaired) electrons. The number of sulfonamides is 1. The van der Waals surface area contributed by atoms with Crippen LogP contribution in [0, 0.1) is 0 Å². The smallest absolute Gasteiger partial charge is 0.343 e. The number of hydrogen-bond donors (Lipinski definition) is 2. The third-order valence-corrected chi connectivity index (χ3v) is 6.31. The first kappa shape index (κ1) is 16.8. The largest absolute Gasteiger partial charge is 0.479 e. The third kappa shape index (κ3) is 3.28. The molecule has 0 aliphatic carbocycles. The number of likely N-dealkylation sites (tertiary alicyclic amines) is 1. The number of hydrogen-bond acceptors (Lipinski definition) is 5. The predicted octanol–water partition coefficient (Wildman–Crippen LogP) is 0.440. The van der Waals surface area contributed by atoms with Crippen molar-refractivity contribution in [3.05, 3.63) is 17.5 Å². The second-order valence-electron chi connectivity index (χ2n) is 5.06. The minimum Gasteiger partial charge on any atom is -0.479 e. The number of carboxylic acid groups (broad SMARTS) is 1. The van der Waals surface area contributed by atoms with E-state index >= 15 is 0 Å².